The number of aliphatic hydroxyl groups excluding tert-OH is 3. The highest BCUT2D eigenvalue weighted by Crippen LogP contribution is 2.62. The Balaban J connectivity index is 1.36. The van der Waals surface area contributed by atoms with Crippen molar-refractivity contribution < 1.29 is 53.4 Å². The first-order valence-corrected chi connectivity index (χ1v) is 24.3. The van der Waals surface area contributed by atoms with Crippen molar-refractivity contribution in [3.8, 4) is 17.2 Å². The molecule has 1 saturated carbocycles. The van der Waals surface area contributed by atoms with Crippen LogP contribution in [-0.2, 0) is 30.4 Å². The average molecular weight is 935 g/mol. The third-order valence-electron chi connectivity index (χ3n) is 12.9. The number of carbonyl (C=O) groups excluding carboxylic acids is 1. The number of unbranched alkanes of at least 4 members (excludes halogenated alkanes) is 2. The van der Waals surface area contributed by atoms with Crippen molar-refractivity contribution in [2.75, 3.05) is 59.4 Å². The number of nitrogens with zero attached hydrogens (tertiary/aromatic N) is 2. The fraction of sp³-hybridized carbons (Fsp3) is 0.491. The minimum absolute atomic E-state index is 0.00961. The lowest BCUT2D eigenvalue weighted by atomic mass is 9.55. The molecule has 3 aliphatic rings. The fourth-order valence-corrected chi connectivity index (χ4v) is 10.0. The SMILES string of the molecule is C=CCO[C@@]12Oc3ccc(Oc4ccc5ccccc5c4)cc3[C@H]3[C@H](CCCCO)[C@@H](CCCCO)C=C(C(=NOC(C)(C)C)C[C@@H]1N(CCOCCO)C(=O)OCCOCc1ccccc1)[C@H]32. The molecule has 0 spiro atoms. The van der Waals surface area contributed by atoms with Crippen molar-refractivity contribution in [1.29, 1.82) is 0 Å². The Morgan fingerprint density at radius 2 is 1.57 bits per heavy atom. The lowest BCUT2D eigenvalue weighted by Crippen LogP contribution is -2.70. The van der Waals surface area contributed by atoms with Gasteiger partial charge in [0.05, 0.1) is 51.3 Å². The second-order valence-corrected chi connectivity index (χ2v) is 18.8. The number of oxime groups is 1. The summed E-state index contributed by atoms with van der Waals surface area (Å²) >= 11 is 0. The summed E-state index contributed by atoms with van der Waals surface area (Å²) < 4.78 is 38.9. The number of aliphatic hydroxyl groups is 3. The Morgan fingerprint density at radius 3 is 2.32 bits per heavy atom. The topological polar surface area (TPSA) is 158 Å². The van der Waals surface area contributed by atoms with Gasteiger partial charge < -0.3 is 48.6 Å². The van der Waals surface area contributed by atoms with E-state index < -0.39 is 29.4 Å². The van der Waals surface area contributed by atoms with Crippen LogP contribution in [0, 0.1) is 17.8 Å². The van der Waals surface area contributed by atoms with Gasteiger partial charge in [0.15, 0.2) is 0 Å². The Morgan fingerprint density at radius 1 is 0.838 bits per heavy atom. The molecule has 366 valence electrons. The largest absolute Gasteiger partial charge is 0.459 e. The highest BCUT2D eigenvalue weighted by molar-refractivity contribution is 6.03. The quantitative estimate of drug-likeness (QED) is 0.0330. The molecule has 13 nitrogen and oxygen atoms in total. The van der Waals surface area contributed by atoms with Gasteiger partial charge in [0.1, 0.15) is 35.5 Å². The Bertz CT molecular complexity index is 2310. The normalized spacial score (nSPS) is 22.4. The van der Waals surface area contributed by atoms with Gasteiger partial charge in [0.2, 0.25) is 5.79 Å². The predicted molar refractivity (Wildman–Crippen MR) is 262 cm³/mol. The van der Waals surface area contributed by atoms with E-state index in [1.165, 1.54) is 0 Å². The molecule has 68 heavy (non-hydrogen) atoms. The van der Waals surface area contributed by atoms with Crippen LogP contribution in [-0.4, -0.2) is 109 Å². The second-order valence-electron chi connectivity index (χ2n) is 18.8. The van der Waals surface area contributed by atoms with Crippen LogP contribution in [0.15, 0.2) is 120 Å². The van der Waals surface area contributed by atoms with Crippen LogP contribution in [0.25, 0.3) is 10.8 Å². The molecule has 13 heteroatoms. The summed E-state index contributed by atoms with van der Waals surface area (Å²) in [5, 5.41) is 36.8. The maximum Gasteiger partial charge on any atom is 0.410 e. The van der Waals surface area contributed by atoms with E-state index in [2.05, 4.69) is 36.9 Å². The van der Waals surface area contributed by atoms with Crippen LogP contribution >= 0.6 is 0 Å². The minimum Gasteiger partial charge on any atom is -0.459 e. The van der Waals surface area contributed by atoms with E-state index in [0.717, 1.165) is 53.2 Å². The van der Waals surface area contributed by atoms with Gasteiger partial charge in [-0.15, -0.1) is 6.58 Å². The number of amides is 1. The van der Waals surface area contributed by atoms with E-state index in [-0.39, 0.29) is 83.6 Å². The molecule has 1 heterocycles. The molecule has 1 amide bonds. The zero-order valence-electron chi connectivity index (χ0n) is 39.9. The Kier molecular flexibility index (Phi) is 18.1. The van der Waals surface area contributed by atoms with Crippen LogP contribution in [0.3, 0.4) is 0 Å². The molecule has 1 aliphatic heterocycles. The first kappa shape index (κ1) is 50.6. The van der Waals surface area contributed by atoms with Gasteiger partial charge in [-0.05, 0) is 111 Å². The molecule has 2 aliphatic carbocycles. The van der Waals surface area contributed by atoms with E-state index in [1.54, 1.807) is 11.0 Å². The summed E-state index contributed by atoms with van der Waals surface area (Å²) in [6.07, 6.45) is 8.04. The van der Waals surface area contributed by atoms with Crippen molar-refractivity contribution >= 4 is 22.6 Å². The number of carbonyl (C=O) groups is 1. The minimum atomic E-state index is -1.51. The molecule has 7 rings (SSSR count). The van der Waals surface area contributed by atoms with Gasteiger partial charge in [0.25, 0.3) is 0 Å². The van der Waals surface area contributed by atoms with Crippen molar-refractivity contribution in [3.63, 3.8) is 0 Å². The van der Waals surface area contributed by atoms with E-state index in [0.29, 0.717) is 42.4 Å². The van der Waals surface area contributed by atoms with Gasteiger partial charge >= 0.3 is 6.09 Å². The number of hydrogen-bond donors (Lipinski definition) is 3. The van der Waals surface area contributed by atoms with Gasteiger partial charge in [-0.25, -0.2) is 4.79 Å². The molecule has 0 radical (unpaired) electrons. The number of allylic oxidation sites excluding steroid dienone is 1. The molecule has 0 unspecified atom stereocenters. The zero-order chi connectivity index (χ0) is 47.9. The third-order valence-corrected chi connectivity index (χ3v) is 12.9. The summed E-state index contributed by atoms with van der Waals surface area (Å²) in [6.45, 7) is 10.8. The maximum absolute atomic E-state index is 14.7. The Hall–Kier alpha value is -5.28. The van der Waals surface area contributed by atoms with Gasteiger partial charge in [-0.2, -0.15) is 0 Å². The van der Waals surface area contributed by atoms with Crippen LogP contribution in [0.4, 0.5) is 4.79 Å². The molecule has 4 aromatic rings. The predicted octanol–water partition coefficient (Wildman–Crippen LogP) is 9.73. The van der Waals surface area contributed by atoms with Crippen molar-refractivity contribution in [2.45, 2.75) is 95.7 Å². The monoisotopic (exact) mass is 934 g/mol. The number of fused-ring (bicyclic) bond motifs is 3. The van der Waals surface area contributed by atoms with Crippen molar-refractivity contribution in [2.24, 2.45) is 22.9 Å². The van der Waals surface area contributed by atoms with E-state index in [1.807, 2.05) is 87.5 Å². The smallest absolute Gasteiger partial charge is 0.410 e. The van der Waals surface area contributed by atoms with E-state index >= 15 is 0 Å². The average Bonchev–Trinajstić information content (AvgIpc) is 3.34. The third kappa shape index (κ3) is 12.5. The number of hydrogen-bond acceptors (Lipinski definition) is 12. The van der Waals surface area contributed by atoms with Crippen LogP contribution in [0.5, 0.6) is 17.2 Å². The summed E-state index contributed by atoms with van der Waals surface area (Å²) in [5.41, 5.74) is 2.88. The summed E-state index contributed by atoms with van der Waals surface area (Å²) in [4.78, 5) is 22.6. The van der Waals surface area contributed by atoms with Gasteiger partial charge in [-0.1, -0.05) is 90.8 Å². The highest BCUT2D eigenvalue weighted by atomic mass is 16.7. The Labute approximate surface area is 401 Å². The summed E-state index contributed by atoms with van der Waals surface area (Å²) in [5.74, 6) is -0.320. The molecular weight excluding hydrogens is 865 g/mol. The fourth-order valence-electron chi connectivity index (χ4n) is 10.0. The summed E-state index contributed by atoms with van der Waals surface area (Å²) in [7, 11) is 0. The van der Waals surface area contributed by atoms with Crippen LogP contribution in [0.1, 0.15) is 82.8 Å². The standard InChI is InChI=1S/C55H70N2O11/c1-5-29-65-55-50(57(25-30-62-31-28-60)53(61)64-33-32-63-38-39-15-7-6-8-16-39)37-48(56-68-54(2,3)4)46-35-42(19-11-13-26-58)45(20-12-14-27-59)51(52(46)55)47-36-44(23-24-49(47)67-55)66-43-22-21-40-17-9-10-18-41(40)34-43/h5-10,15-18,21-24,34-36,42,45,50-52,58-60H,1,11-14,19-20,25-33,37-38H2,2-4H3/t42-,45+,50-,51+,52+,55+/m0/s1. The molecule has 0 saturated heterocycles. The van der Waals surface area contributed by atoms with Gasteiger partial charge in [-0.3, -0.25) is 4.90 Å². The van der Waals surface area contributed by atoms with Crippen molar-refractivity contribution in [3.05, 3.63) is 126 Å². The number of rotatable bonds is 25. The molecule has 6 atom stereocenters. The lowest BCUT2D eigenvalue weighted by molar-refractivity contribution is -0.256. The number of benzene rings is 4. The molecule has 0 aromatic heterocycles. The van der Waals surface area contributed by atoms with Gasteiger partial charge in [0, 0.05) is 37.7 Å². The summed E-state index contributed by atoms with van der Waals surface area (Å²) in [6, 6.07) is 29.1. The maximum atomic E-state index is 14.7. The molecule has 4 aromatic carbocycles. The van der Waals surface area contributed by atoms with Crippen LogP contribution < -0.4 is 9.47 Å². The highest BCUT2D eigenvalue weighted by Gasteiger charge is 2.65. The molecule has 1 fully saturated rings. The van der Waals surface area contributed by atoms with E-state index in [4.69, 9.17) is 38.4 Å². The molecule has 0 bridgehead atoms. The van der Waals surface area contributed by atoms with Crippen LogP contribution in [0.2, 0.25) is 0 Å². The van der Waals surface area contributed by atoms with Crippen molar-refractivity contribution in [1.82, 2.24) is 4.90 Å². The first-order chi connectivity index (χ1) is 33.1. The molecular formula is C55H70N2O11. The molecule has 3 N–H and O–H groups in total. The first-order valence-electron chi connectivity index (χ1n) is 24.3. The van der Waals surface area contributed by atoms with E-state index in [9.17, 15) is 20.1 Å². The number of ether oxygens (including phenoxy) is 6. The lowest BCUT2D eigenvalue weighted by Gasteiger charge is -2.59. The second kappa shape index (κ2) is 24.3. The zero-order valence-corrected chi connectivity index (χ0v) is 39.9.